The van der Waals surface area contributed by atoms with E-state index in [9.17, 15) is 18.4 Å². The van der Waals surface area contributed by atoms with Gasteiger partial charge in [-0.25, -0.2) is 8.78 Å². The van der Waals surface area contributed by atoms with Crippen molar-refractivity contribution in [2.45, 2.75) is 12.8 Å². The molecule has 0 spiro atoms. The summed E-state index contributed by atoms with van der Waals surface area (Å²) in [5.41, 5.74) is 0.131. The smallest absolute Gasteiger partial charge is 0.253 e. The molecule has 2 fully saturated rings. The first-order chi connectivity index (χ1) is 11.6. The number of hydrogen-bond donors (Lipinski definition) is 0. The van der Waals surface area contributed by atoms with Crippen molar-refractivity contribution in [1.82, 2.24) is 9.80 Å². The van der Waals surface area contributed by atoms with E-state index < -0.39 is 11.6 Å². The topological polar surface area (TPSA) is 49.9 Å². The predicted octanol–water partition coefficient (Wildman–Crippen LogP) is 1.68. The molecule has 2 heterocycles. The lowest BCUT2D eigenvalue weighted by molar-refractivity contribution is -0.141. The Hall–Kier alpha value is -2.02. The first kappa shape index (κ1) is 16.8. The Morgan fingerprint density at radius 3 is 2.25 bits per heavy atom. The molecule has 0 N–H and O–H groups in total. The van der Waals surface area contributed by atoms with Crippen molar-refractivity contribution in [1.29, 1.82) is 0 Å². The molecular weight excluding hydrogens is 318 g/mol. The van der Waals surface area contributed by atoms with E-state index >= 15 is 0 Å². The molecule has 3 rings (SSSR count). The highest BCUT2D eigenvalue weighted by Gasteiger charge is 2.31. The second-order valence-corrected chi connectivity index (χ2v) is 6.13. The summed E-state index contributed by atoms with van der Waals surface area (Å²) in [4.78, 5) is 28.2. The molecule has 1 aromatic rings. The third-order valence-electron chi connectivity index (χ3n) is 4.62. The average molecular weight is 338 g/mol. The molecule has 0 unspecified atom stereocenters. The molecule has 24 heavy (non-hydrogen) atoms. The van der Waals surface area contributed by atoms with E-state index in [4.69, 9.17) is 4.74 Å². The lowest BCUT2D eigenvalue weighted by Crippen LogP contribution is -2.47. The van der Waals surface area contributed by atoms with Crippen molar-refractivity contribution < 1.29 is 23.1 Å². The second-order valence-electron chi connectivity index (χ2n) is 6.13. The second kappa shape index (κ2) is 7.25. The van der Waals surface area contributed by atoms with E-state index in [1.54, 1.807) is 4.90 Å². The molecule has 0 aromatic heterocycles. The number of carbonyl (C=O) groups is 2. The fourth-order valence-electron chi connectivity index (χ4n) is 3.18. The fraction of sp³-hybridized carbons (Fsp3) is 0.529. The van der Waals surface area contributed by atoms with Crippen molar-refractivity contribution in [3.63, 3.8) is 0 Å². The summed E-state index contributed by atoms with van der Waals surface area (Å²) in [5.74, 6) is -2.29. The minimum absolute atomic E-state index is 0.0860. The molecule has 5 nitrogen and oxygen atoms in total. The van der Waals surface area contributed by atoms with Crippen LogP contribution < -0.4 is 0 Å². The van der Waals surface area contributed by atoms with Gasteiger partial charge in [-0.1, -0.05) is 0 Å². The molecule has 130 valence electrons. The Balaban J connectivity index is 1.57. The van der Waals surface area contributed by atoms with Crippen LogP contribution >= 0.6 is 0 Å². The minimum Gasteiger partial charge on any atom is -0.378 e. The van der Waals surface area contributed by atoms with Gasteiger partial charge in [0.2, 0.25) is 5.91 Å². The summed E-state index contributed by atoms with van der Waals surface area (Å²) in [6.45, 7) is 3.26. The number of carbonyl (C=O) groups excluding carboxylic acids is 2. The van der Waals surface area contributed by atoms with Crippen LogP contribution in [0.5, 0.6) is 0 Å². The van der Waals surface area contributed by atoms with E-state index in [2.05, 4.69) is 0 Å². The molecule has 0 aliphatic carbocycles. The maximum atomic E-state index is 13.3. The summed E-state index contributed by atoms with van der Waals surface area (Å²) < 4.78 is 31.5. The highest BCUT2D eigenvalue weighted by Crippen LogP contribution is 2.22. The number of nitrogens with zero attached hydrogens (tertiary/aromatic N) is 2. The predicted molar refractivity (Wildman–Crippen MR) is 82.4 cm³/mol. The standard InChI is InChI=1S/C17H20F2N2O3/c18-14-2-1-13(11-15(14)19)17(23)20-5-3-12(4-6-20)16(22)21-7-9-24-10-8-21/h1-2,11-12H,3-10H2. The molecule has 1 aromatic carbocycles. The van der Waals surface area contributed by atoms with Gasteiger partial charge in [-0.2, -0.15) is 0 Å². The van der Waals surface area contributed by atoms with Crippen molar-refractivity contribution in [3.8, 4) is 0 Å². The van der Waals surface area contributed by atoms with Crippen molar-refractivity contribution >= 4 is 11.8 Å². The third-order valence-corrected chi connectivity index (χ3v) is 4.62. The van der Waals surface area contributed by atoms with Gasteiger partial charge in [-0.05, 0) is 31.0 Å². The van der Waals surface area contributed by atoms with Gasteiger partial charge in [-0.3, -0.25) is 9.59 Å². The molecule has 0 saturated carbocycles. The average Bonchev–Trinajstić information content (AvgIpc) is 2.63. The van der Waals surface area contributed by atoms with E-state index in [-0.39, 0.29) is 23.3 Å². The van der Waals surface area contributed by atoms with Gasteiger partial charge in [0.15, 0.2) is 11.6 Å². The molecule has 2 aliphatic heterocycles. The number of ether oxygens (including phenoxy) is 1. The van der Waals surface area contributed by atoms with Crippen LogP contribution in [0, 0.1) is 17.6 Å². The fourth-order valence-corrected chi connectivity index (χ4v) is 3.18. The van der Waals surface area contributed by atoms with Crippen LogP contribution in [0.4, 0.5) is 8.78 Å². The number of halogens is 2. The van der Waals surface area contributed by atoms with Crippen LogP contribution in [-0.2, 0) is 9.53 Å². The number of rotatable bonds is 2. The van der Waals surface area contributed by atoms with Crippen LogP contribution in [0.25, 0.3) is 0 Å². The normalized spacial score (nSPS) is 19.4. The number of piperidine rings is 1. The van der Waals surface area contributed by atoms with Gasteiger partial charge in [0, 0.05) is 37.7 Å². The van der Waals surface area contributed by atoms with Crippen LogP contribution in [0.3, 0.4) is 0 Å². The van der Waals surface area contributed by atoms with Crippen molar-refractivity contribution in [3.05, 3.63) is 35.4 Å². The molecule has 0 radical (unpaired) electrons. The van der Waals surface area contributed by atoms with Gasteiger partial charge in [0.1, 0.15) is 0 Å². The maximum Gasteiger partial charge on any atom is 0.253 e. The highest BCUT2D eigenvalue weighted by atomic mass is 19.2. The number of likely N-dealkylation sites (tertiary alicyclic amines) is 1. The van der Waals surface area contributed by atoms with Crippen molar-refractivity contribution in [2.75, 3.05) is 39.4 Å². The van der Waals surface area contributed by atoms with Crippen LogP contribution in [-0.4, -0.2) is 61.0 Å². The van der Waals surface area contributed by atoms with Gasteiger partial charge in [-0.15, -0.1) is 0 Å². The Bertz CT molecular complexity index is 624. The highest BCUT2D eigenvalue weighted by molar-refractivity contribution is 5.94. The molecule has 2 aliphatic rings. The van der Waals surface area contributed by atoms with Crippen LogP contribution in [0.1, 0.15) is 23.2 Å². The summed E-state index contributed by atoms with van der Waals surface area (Å²) in [7, 11) is 0. The van der Waals surface area contributed by atoms with E-state index in [1.165, 1.54) is 6.07 Å². The summed E-state index contributed by atoms with van der Waals surface area (Å²) >= 11 is 0. The van der Waals surface area contributed by atoms with Gasteiger partial charge in [0.05, 0.1) is 13.2 Å². The molecule has 2 amide bonds. The van der Waals surface area contributed by atoms with Gasteiger partial charge in [0.25, 0.3) is 5.91 Å². The summed E-state index contributed by atoms with van der Waals surface area (Å²) in [6.07, 6.45) is 1.18. The van der Waals surface area contributed by atoms with Crippen LogP contribution in [0.15, 0.2) is 18.2 Å². The number of morpholine rings is 1. The number of benzene rings is 1. The quantitative estimate of drug-likeness (QED) is 0.824. The zero-order valence-corrected chi connectivity index (χ0v) is 13.3. The number of hydrogen-bond acceptors (Lipinski definition) is 3. The minimum atomic E-state index is -1.03. The van der Waals surface area contributed by atoms with Crippen molar-refractivity contribution in [2.24, 2.45) is 5.92 Å². The Labute approximate surface area is 139 Å². The largest absolute Gasteiger partial charge is 0.378 e. The van der Waals surface area contributed by atoms with Crippen LogP contribution in [0.2, 0.25) is 0 Å². The zero-order valence-electron chi connectivity index (χ0n) is 13.3. The monoisotopic (exact) mass is 338 g/mol. The molecule has 0 atom stereocenters. The molecule has 7 heteroatoms. The van der Waals surface area contributed by atoms with E-state index in [1.807, 2.05) is 4.90 Å². The summed E-state index contributed by atoms with van der Waals surface area (Å²) in [6, 6.07) is 3.16. The third kappa shape index (κ3) is 3.56. The first-order valence-electron chi connectivity index (χ1n) is 8.17. The molecular formula is C17H20F2N2O3. The van der Waals surface area contributed by atoms with Gasteiger partial charge < -0.3 is 14.5 Å². The Kier molecular flexibility index (Phi) is 5.08. The Morgan fingerprint density at radius 1 is 0.958 bits per heavy atom. The SMILES string of the molecule is O=C(c1ccc(F)c(F)c1)N1CCC(C(=O)N2CCOCC2)CC1. The lowest BCUT2D eigenvalue weighted by Gasteiger charge is -2.35. The zero-order chi connectivity index (χ0) is 17.1. The molecule has 2 saturated heterocycles. The first-order valence-corrected chi connectivity index (χ1v) is 8.17. The summed E-state index contributed by atoms with van der Waals surface area (Å²) in [5, 5.41) is 0. The Morgan fingerprint density at radius 2 is 1.62 bits per heavy atom. The van der Waals surface area contributed by atoms with Gasteiger partial charge >= 0.3 is 0 Å². The van der Waals surface area contributed by atoms with E-state index in [0.29, 0.717) is 52.2 Å². The number of amides is 2. The van der Waals surface area contributed by atoms with E-state index in [0.717, 1.165) is 12.1 Å². The molecule has 0 bridgehead atoms. The maximum absolute atomic E-state index is 13.3. The lowest BCUT2D eigenvalue weighted by atomic mass is 9.94.